The molecule has 0 bridgehead atoms. The van der Waals surface area contributed by atoms with Gasteiger partial charge in [0.15, 0.2) is 0 Å². The molecule has 0 N–H and O–H groups in total. The highest BCUT2D eigenvalue weighted by atomic mass is 127. The molecule has 2 nitrogen and oxygen atoms in total. The fourth-order valence-electron chi connectivity index (χ4n) is 8.14. The number of halogens is 1. The average molecular weight is 697 g/mol. The summed E-state index contributed by atoms with van der Waals surface area (Å²) in [6, 6.07) is 28.9. The molecule has 8 rings (SSSR count). The van der Waals surface area contributed by atoms with Crippen LogP contribution in [0.1, 0.15) is 63.8 Å². The van der Waals surface area contributed by atoms with Gasteiger partial charge in [0, 0.05) is 43.2 Å². The Morgan fingerprint density at radius 2 is 1.51 bits per heavy atom. The van der Waals surface area contributed by atoms with Crippen LogP contribution in [-0.2, 0) is 5.41 Å². The van der Waals surface area contributed by atoms with Crippen LogP contribution in [0.25, 0.3) is 44.2 Å². The van der Waals surface area contributed by atoms with Crippen molar-refractivity contribution in [1.82, 2.24) is 9.97 Å². The molecule has 0 saturated heterocycles. The number of allylic oxidation sites excluding steroid dienone is 8. The molecule has 3 aromatic carbocycles. The summed E-state index contributed by atoms with van der Waals surface area (Å²) in [5.74, 6) is 0.243. The van der Waals surface area contributed by atoms with Crippen molar-refractivity contribution in [3.05, 3.63) is 142 Å². The monoisotopic (exact) mass is 696 g/mol. The first-order chi connectivity index (χ1) is 21.7. The fourth-order valence-corrected chi connectivity index (χ4v) is 8.40. The summed E-state index contributed by atoms with van der Waals surface area (Å²) in [6.07, 6.45) is 10.3. The van der Waals surface area contributed by atoms with Crippen molar-refractivity contribution in [1.29, 1.82) is 0 Å². The quantitative estimate of drug-likeness (QED) is 0.106. The number of alkyl halides is 1. The lowest BCUT2D eigenvalue weighted by atomic mass is 9.74. The molecular formula is C42H37IN2. The van der Waals surface area contributed by atoms with Crippen molar-refractivity contribution < 1.29 is 0 Å². The second kappa shape index (κ2) is 10.3. The minimum atomic E-state index is -0.0422. The Morgan fingerprint density at radius 3 is 2.31 bits per heavy atom. The average Bonchev–Trinajstić information content (AvgIpc) is 3.40. The Hall–Kier alpha value is -3.83. The van der Waals surface area contributed by atoms with Gasteiger partial charge in [0.1, 0.15) is 0 Å². The Morgan fingerprint density at radius 1 is 0.800 bits per heavy atom. The molecule has 5 aromatic rings. The van der Waals surface area contributed by atoms with Gasteiger partial charge in [-0.05, 0) is 70.5 Å². The summed E-state index contributed by atoms with van der Waals surface area (Å²) in [5, 5.41) is 2.25. The van der Waals surface area contributed by atoms with E-state index in [1.165, 1.54) is 44.5 Å². The molecular weight excluding hydrogens is 659 g/mol. The molecule has 45 heavy (non-hydrogen) atoms. The topological polar surface area (TPSA) is 25.8 Å². The molecule has 0 radical (unpaired) electrons. The van der Waals surface area contributed by atoms with Crippen LogP contribution in [0.4, 0.5) is 0 Å². The van der Waals surface area contributed by atoms with Gasteiger partial charge < -0.3 is 0 Å². The van der Waals surface area contributed by atoms with Gasteiger partial charge in [0.25, 0.3) is 0 Å². The fraction of sp³-hybridized carbons (Fsp3) is 0.238. The van der Waals surface area contributed by atoms with E-state index in [0.717, 1.165) is 49.6 Å². The van der Waals surface area contributed by atoms with Crippen LogP contribution >= 0.6 is 22.6 Å². The lowest BCUT2D eigenvalue weighted by Crippen LogP contribution is -2.18. The third-order valence-electron chi connectivity index (χ3n) is 10.7. The normalized spacial score (nSPS) is 19.6. The summed E-state index contributed by atoms with van der Waals surface area (Å²) >= 11 is 2.42. The van der Waals surface area contributed by atoms with Crippen molar-refractivity contribution in [2.45, 2.75) is 52.4 Å². The number of hydrogen-bond acceptors (Lipinski definition) is 2. The molecule has 0 fully saturated rings. The summed E-state index contributed by atoms with van der Waals surface area (Å²) in [5.41, 5.74) is 16.5. The van der Waals surface area contributed by atoms with Crippen LogP contribution < -0.4 is 0 Å². The van der Waals surface area contributed by atoms with Crippen molar-refractivity contribution in [3.8, 4) is 22.4 Å². The number of aromatic nitrogens is 2. The summed E-state index contributed by atoms with van der Waals surface area (Å²) in [7, 11) is 0. The van der Waals surface area contributed by atoms with E-state index in [9.17, 15) is 0 Å². The van der Waals surface area contributed by atoms with Crippen molar-refractivity contribution >= 4 is 44.4 Å². The van der Waals surface area contributed by atoms with E-state index in [-0.39, 0.29) is 16.7 Å². The number of rotatable bonds is 4. The SMILES string of the molecule is CC1=C(/C=C\CI)C(C)(C)C2=C1C=CC(c1ccc3ccc4ccc(-c5ccc6c(c5)C(C)(C)c5ccccc5-6)nc4c3n1)C2. The van der Waals surface area contributed by atoms with Gasteiger partial charge in [0.05, 0.1) is 16.7 Å². The van der Waals surface area contributed by atoms with Gasteiger partial charge >= 0.3 is 0 Å². The van der Waals surface area contributed by atoms with Gasteiger partial charge in [-0.25, -0.2) is 9.97 Å². The molecule has 0 amide bonds. The molecule has 1 atom stereocenters. The Labute approximate surface area is 279 Å². The second-order valence-electron chi connectivity index (χ2n) is 13.9. The lowest BCUT2D eigenvalue weighted by molar-refractivity contribution is 0.522. The molecule has 0 aliphatic heterocycles. The number of hydrogen-bond donors (Lipinski definition) is 0. The zero-order valence-corrected chi connectivity index (χ0v) is 28.7. The van der Waals surface area contributed by atoms with E-state index >= 15 is 0 Å². The molecule has 0 saturated carbocycles. The molecule has 3 heteroatoms. The third kappa shape index (κ3) is 4.34. The first-order valence-corrected chi connectivity index (χ1v) is 17.5. The number of nitrogens with zero attached hydrogens (tertiary/aromatic N) is 2. The third-order valence-corrected chi connectivity index (χ3v) is 11.2. The van der Waals surface area contributed by atoms with Crippen LogP contribution in [0.2, 0.25) is 0 Å². The molecule has 3 aliphatic carbocycles. The van der Waals surface area contributed by atoms with Gasteiger partial charge in [-0.2, -0.15) is 0 Å². The highest BCUT2D eigenvalue weighted by molar-refractivity contribution is 14.1. The van der Waals surface area contributed by atoms with E-state index in [0.29, 0.717) is 0 Å². The minimum Gasteiger partial charge on any atom is -0.250 e. The standard InChI is InChI=1S/C42H37IN2/c1-25-30-18-14-28(23-35(30)41(2,3)33(25)11-8-22-43)37-20-16-26-12-13-27-17-21-38(45-40(27)39(26)44-37)29-15-19-32-31-9-6-7-10-34(31)42(4,5)36(32)24-29/h6-21,24,28H,22-23H2,1-5H3/b11-8-. The van der Waals surface area contributed by atoms with Crippen molar-refractivity contribution in [3.63, 3.8) is 0 Å². The van der Waals surface area contributed by atoms with Crippen LogP contribution in [0, 0.1) is 5.41 Å². The smallest absolute Gasteiger partial charge is 0.0972 e. The maximum Gasteiger partial charge on any atom is 0.0972 e. The first kappa shape index (κ1) is 28.6. The number of benzene rings is 3. The van der Waals surface area contributed by atoms with Crippen molar-refractivity contribution in [2.75, 3.05) is 4.43 Å². The van der Waals surface area contributed by atoms with Crippen LogP contribution in [0.3, 0.4) is 0 Å². The Bertz CT molecular complexity index is 2190. The van der Waals surface area contributed by atoms with E-state index in [2.05, 4.69) is 160 Å². The molecule has 2 heterocycles. The largest absolute Gasteiger partial charge is 0.250 e. The molecule has 1 unspecified atom stereocenters. The van der Waals surface area contributed by atoms with Crippen LogP contribution in [-0.4, -0.2) is 14.4 Å². The van der Waals surface area contributed by atoms with Gasteiger partial charge in [-0.3, -0.25) is 0 Å². The number of pyridine rings is 2. The molecule has 222 valence electrons. The summed E-state index contributed by atoms with van der Waals surface area (Å²) in [4.78, 5) is 10.7. The highest BCUT2D eigenvalue weighted by Gasteiger charge is 2.39. The van der Waals surface area contributed by atoms with Gasteiger partial charge in [-0.1, -0.05) is 141 Å². The summed E-state index contributed by atoms with van der Waals surface area (Å²) in [6.45, 7) is 11.7. The van der Waals surface area contributed by atoms with E-state index in [1.807, 2.05) is 0 Å². The maximum absolute atomic E-state index is 5.35. The zero-order valence-electron chi connectivity index (χ0n) is 26.6. The predicted octanol–water partition coefficient (Wildman–Crippen LogP) is 11.4. The Kier molecular flexibility index (Phi) is 6.58. The highest BCUT2D eigenvalue weighted by Crippen LogP contribution is 2.53. The molecule has 0 spiro atoms. The van der Waals surface area contributed by atoms with E-state index < -0.39 is 0 Å². The van der Waals surface area contributed by atoms with Gasteiger partial charge in [0.2, 0.25) is 0 Å². The lowest BCUT2D eigenvalue weighted by Gasteiger charge is -2.30. The zero-order chi connectivity index (χ0) is 31.1. The van der Waals surface area contributed by atoms with Crippen molar-refractivity contribution in [2.24, 2.45) is 5.41 Å². The number of fused-ring (bicyclic) bond motifs is 6. The first-order valence-electron chi connectivity index (χ1n) is 16.0. The minimum absolute atomic E-state index is 0.0243. The van der Waals surface area contributed by atoms with Gasteiger partial charge in [-0.15, -0.1) is 0 Å². The molecule has 3 aliphatic rings. The summed E-state index contributed by atoms with van der Waals surface area (Å²) < 4.78 is 1.02. The maximum atomic E-state index is 5.35. The van der Waals surface area contributed by atoms with E-state index in [1.54, 1.807) is 0 Å². The second-order valence-corrected chi connectivity index (χ2v) is 14.7. The predicted molar refractivity (Wildman–Crippen MR) is 198 cm³/mol. The van der Waals surface area contributed by atoms with Crippen LogP contribution in [0.5, 0.6) is 0 Å². The van der Waals surface area contributed by atoms with Crippen LogP contribution in [0.15, 0.2) is 125 Å². The Balaban J connectivity index is 1.17. The molecule has 2 aromatic heterocycles. The van der Waals surface area contributed by atoms with E-state index in [4.69, 9.17) is 9.97 Å².